The third-order valence-corrected chi connectivity index (χ3v) is 13.5. The maximum atomic E-state index is 5.75. The van der Waals surface area contributed by atoms with Gasteiger partial charge in [0.2, 0.25) is 0 Å². The standard InChI is InChI=1S/2C4H9.CH3O.CH3.Sn/c2*1-3-4-2;1-2;;/h2*1,3-4H2,2H3;1H3;1H3;/q;;-1;;+1. The molecule has 0 aromatic rings. The molecule has 12 heavy (non-hydrogen) atoms. The molecule has 0 heterocycles. The zero-order valence-electron chi connectivity index (χ0n) is 9.15. The molecular weight excluding hydrogens is 255 g/mol. The maximum absolute atomic E-state index is 5.75. The summed E-state index contributed by atoms with van der Waals surface area (Å²) in [5.74, 6) is 0. The van der Waals surface area contributed by atoms with E-state index in [1.165, 1.54) is 34.6 Å². The van der Waals surface area contributed by atoms with Crippen molar-refractivity contribution in [2.45, 2.75) is 53.3 Å². The predicted molar refractivity (Wildman–Crippen MR) is 58.1 cm³/mol. The zero-order valence-corrected chi connectivity index (χ0v) is 12.0. The first-order valence-corrected chi connectivity index (χ1v) is 13.3. The van der Waals surface area contributed by atoms with Crippen molar-refractivity contribution in [3.8, 4) is 0 Å². The SMILES string of the molecule is CCC[CH2][Sn]([CH3])([CH2]CCC)[O]C. The molecule has 0 radical (unpaired) electrons. The average Bonchev–Trinajstić information content (AvgIpc) is 2.11. The van der Waals surface area contributed by atoms with Crippen molar-refractivity contribution in [1.29, 1.82) is 0 Å². The fourth-order valence-corrected chi connectivity index (χ4v) is 9.60. The summed E-state index contributed by atoms with van der Waals surface area (Å²) in [6, 6.07) is 0. The van der Waals surface area contributed by atoms with Crippen LogP contribution in [0.1, 0.15) is 39.5 Å². The summed E-state index contributed by atoms with van der Waals surface area (Å²) in [4.78, 5) is 2.44. The molecule has 0 unspecified atom stereocenters. The van der Waals surface area contributed by atoms with Crippen molar-refractivity contribution in [3.05, 3.63) is 0 Å². The van der Waals surface area contributed by atoms with E-state index in [1.54, 1.807) is 0 Å². The van der Waals surface area contributed by atoms with E-state index in [0.717, 1.165) is 0 Å². The summed E-state index contributed by atoms with van der Waals surface area (Å²) in [5.41, 5.74) is 0. The van der Waals surface area contributed by atoms with Crippen LogP contribution in [-0.4, -0.2) is 25.9 Å². The van der Waals surface area contributed by atoms with Gasteiger partial charge in [-0.05, 0) is 0 Å². The molecule has 0 aliphatic heterocycles. The van der Waals surface area contributed by atoms with Crippen molar-refractivity contribution in [2.24, 2.45) is 0 Å². The van der Waals surface area contributed by atoms with E-state index in [-0.39, 0.29) is 0 Å². The van der Waals surface area contributed by atoms with Crippen LogP contribution in [0.4, 0.5) is 0 Å². The molecule has 0 saturated carbocycles. The Morgan fingerprint density at radius 2 is 1.42 bits per heavy atom. The molecule has 0 aliphatic carbocycles. The van der Waals surface area contributed by atoms with Gasteiger partial charge in [-0.1, -0.05) is 0 Å². The minimum atomic E-state index is -1.99. The molecule has 74 valence electrons. The second-order valence-electron chi connectivity index (χ2n) is 3.86. The Balaban J connectivity index is 3.70. The van der Waals surface area contributed by atoms with E-state index in [2.05, 4.69) is 18.8 Å². The van der Waals surface area contributed by atoms with E-state index in [9.17, 15) is 0 Å². The van der Waals surface area contributed by atoms with Gasteiger partial charge < -0.3 is 0 Å². The van der Waals surface area contributed by atoms with Crippen LogP contribution in [0.2, 0.25) is 13.8 Å². The Bertz CT molecular complexity index is 96.0. The second kappa shape index (κ2) is 7.19. The molecular formula is C10H24OSn. The number of hydrogen-bond donors (Lipinski definition) is 0. The van der Waals surface area contributed by atoms with Crippen LogP contribution in [-0.2, 0) is 3.07 Å². The number of hydrogen-bond acceptors (Lipinski definition) is 1. The fraction of sp³-hybridized carbons (Fsp3) is 1.00. The predicted octanol–water partition coefficient (Wildman–Crippen LogP) is 3.81. The van der Waals surface area contributed by atoms with Gasteiger partial charge in [-0.25, -0.2) is 0 Å². The summed E-state index contributed by atoms with van der Waals surface area (Å²) in [7, 11) is 1.93. The van der Waals surface area contributed by atoms with Gasteiger partial charge in [0.15, 0.2) is 0 Å². The molecule has 0 fully saturated rings. The normalized spacial score (nSPS) is 12.0. The topological polar surface area (TPSA) is 9.23 Å². The Kier molecular flexibility index (Phi) is 7.64. The van der Waals surface area contributed by atoms with E-state index >= 15 is 0 Å². The van der Waals surface area contributed by atoms with Crippen molar-refractivity contribution in [2.75, 3.05) is 7.11 Å². The molecule has 2 heteroatoms. The Hall–Kier alpha value is 0.759. The molecule has 0 N–H and O–H groups in total. The first-order valence-electron chi connectivity index (χ1n) is 5.23. The third-order valence-electron chi connectivity index (χ3n) is 2.61. The number of unbranched alkanes of at least 4 members (excludes halogenated alkanes) is 2. The summed E-state index contributed by atoms with van der Waals surface area (Å²) in [5, 5.41) is 0. The van der Waals surface area contributed by atoms with Gasteiger partial charge in [-0.2, -0.15) is 0 Å². The fourth-order valence-electron chi connectivity index (χ4n) is 1.43. The van der Waals surface area contributed by atoms with Crippen LogP contribution in [0.5, 0.6) is 0 Å². The van der Waals surface area contributed by atoms with Crippen LogP contribution in [0.3, 0.4) is 0 Å². The Labute approximate surface area is 82.3 Å². The summed E-state index contributed by atoms with van der Waals surface area (Å²) in [6.45, 7) is 4.53. The van der Waals surface area contributed by atoms with Gasteiger partial charge in [0.05, 0.1) is 0 Å². The van der Waals surface area contributed by atoms with Crippen molar-refractivity contribution in [3.63, 3.8) is 0 Å². The van der Waals surface area contributed by atoms with Gasteiger partial charge in [-0.3, -0.25) is 0 Å². The van der Waals surface area contributed by atoms with E-state index in [1.807, 2.05) is 7.11 Å². The van der Waals surface area contributed by atoms with Crippen LogP contribution in [0.15, 0.2) is 0 Å². The molecule has 0 rings (SSSR count). The van der Waals surface area contributed by atoms with Gasteiger partial charge >= 0.3 is 82.3 Å². The molecule has 0 aromatic carbocycles. The average molecular weight is 279 g/mol. The van der Waals surface area contributed by atoms with Gasteiger partial charge in [-0.15, -0.1) is 0 Å². The van der Waals surface area contributed by atoms with E-state index in [4.69, 9.17) is 3.07 Å². The van der Waals surface area contributed by atoms with Crippen LogP contribution in [0.25, 0.3) is 0 Å². The quantitative estimate of drug-likeness (QED) is 0.644. The summed E-state index contributed by atoms with van der Waals surface area (Å²) >= 11 is -1.99. The van der Waals surface area contributed by atoms with Gasteiger partial charge in [0.1, 0.15) is 0 Å². The molecule has 1 nitrogen and oxygen atoms in total. The van der Waals surface area contributed by atoms with Crippen LogP contribution >= 0.6 is 0 Å². The van der Waals surface area contributed by atoms with Gasteiger partial charge in [0, 0.05) is 0 Å². The van der Waals surface area contributed by atoms with Crippen molar-refractivity contribution >= 4 is 18.8 Å². The Morgan fingerprint density at radius 1 is 1.00 bits per heavy atom. The molecule has 0 aliphatic rings. The summed E-state index contributed by atoms with van der Waals surface area (Å²) in [6.07, 6.45) is 5.40. The second-order valence-corrected chi connectivity index (χ2v) is 16.2. The van der Waals surface area contributed by atoms with Crippen LogP contribution in [0, 0.1) is 0 Å². The van der Waals surface area contributed by atoms with Crippen molar-refractivity contribution < 1.29 is 3.07 Å². The molecule has 0 bridgehead atoms. The van der Waals surface area contributed by atoms with E-state index < -0.39 is 18.8 Å². The first kappa shape index (κ1) is 12.8. The third kappa shape index (κ3) is 5.41. The molecule has 0 saturated heterocycles. The molecule has 0 aromatic heterocycles. The van der Waals surface area contributed by atoms with E-state index in [0.29, 0.717) is 0 Å². The zero-order chi connectivity index (χ0) is 9.45. The Morgan fingerprint density at radius 3 is 1.67 bits per heavy atom. The van der Waals surface area contributed by atoms with Crippen molar-refractivity contribution in [1.82, 2.24) is 0 Å². The number of rotatable bonds is 7. The van der Waals surface area contributed by atoms with Crippen LogP contribution < -0.4 is 0 Å². The molecule has 0 spiro atoms. The summed E-state index contributed by atoms with van der Waals surface area (Å²) < 4.78 is 8.59. The molecule has 0 amide bonds. The molecule has 0 atom stereocenters. The first-order chi connectivity index (χ1) is 5.68. The monoisotopic (exact) mass is 280 g/mol. The van der Waals surface area contributed by atoms with Gasteiger partial charge in [0.25, 0.3) is 0 Å². The minimum absolute atomic E-state index is 1.32.